The highest BCUT2D eigenvalue weighted by Gasteiger charge is 2.36. The molecule has 0 saturated heterocycles. The Morgan fingerprint density at radius 3 is 2.47 bits per heavy atom. The van der Waals surface area contributed by atoms with Crippen molar-refractivity contribution in [1.82, 2.24) is 10.2 Å². The van der Waals surface area contributed by atoms with Crippen LogP contribution in [0.5, 0.6) is 11.5 Å². The Morgan fingerprint density at radius 2 is 1.84 bits per heavy atom. The molecule has 2 amide bonds. The van der Waals surface area contributed by atoms with Crippen LogP contribution in [0.2, 0.25) is 0 Å². The van der Waals surface area contributed by atoms with Crippen LogP contribution in [0.3, 0.4) is 0 Å². The lowest BCUT2D eigenvalue weighted by Crippen LogP contribution is -2.33. The van der Waals surface area contributed by atoms with Crippen LogP contribution in [0.25, 0.3) is 0 Å². The van der Waals surface area contributed by atoms with Gasteiger partial charge in [-0.3, -0.25) is 9.59 Å². The van der Waals surface area contributed by atoms with E-state index in [0.717, 1.165) is 23.4 Å². The van der Waals surface area contributed by atoms with Gasteiger partial charge in [0.05, 0.1) is 32.2 Å². The van der Waals surface area contributed by atoms with Crippen molar-refractivity contribution in [3.8, 4) is 11.5 Å². The molecule has 1 heterocycles. The average molecular weight is 440 g/mol. The van der Waals surface area contributed by atoms with Crippen molar-refractivity contribution in [3.63, 3.8) is 0 Å². The zero-order chi connectivity index (χ0) is 23.5. The fourth-order valence-electron chi connectivity index (χ4n) is 3.89. The molecule has 32 heavy (non-hydrogen) atoms. The minimum Gasteiger partial charge on any atom is -0.493 e. The molecule has 0 saturated carbocycles. The van der Waals surface area contributed by atoms with Gasteiger partial charge in [0.25, 0.3) is 5.91 Å². The molecule has 2 aromatic carbocycles. The van der Waals surface area contributed by atoms with Gasteiger partial charge in [-0.1, -0.05) is 39.0 Å². The molecule has 0 radical (unpaired) electrons. The van der Waals surface area contributed by atoms with Crippen LogP contribution >= 0.6 is 0 Å². The largest absolute Gasteiger partial charge is 0.493 e. The normalized spacial score (nSPS) is 14.1. The van der Waals surface area contributed by atoms with Gasteiger partial charge in [0, 0.05) is 25.8 Å². The van der Waals surface area contributed by atoms with E-state index in [1.165, 1.54) is 0 Å². The molecular formula is C25H33N3O4. The quantitative estimate of drug-likeness (QED) is 0.650. The number of hydrogen-bond acceptors (Lipinski definition) is 5. The van der Waals surface area contributed by atoms with E-state index in [-0.39, 0.29) is 23.7 Å². The molecule has 3 rings (SSSR count). The Morgan fingerprint density at radius 1 is 1.12 bits per heavy atom. The van der Waals surface area contributed by atoms with E-state index in [1.807, 2.05) is 30.3 Å². The smallest absolute Gasteiger partial charge is 0.257 e. The number of nitrogens with zero attached hydrogens (tertiary/aromatic N) is 1. The molecule has 2 N–H and O–H groups in total. The number of anilines is 1. The lowest BCUT2D eigenvalue weighted by molar-refractivity contribution is -0.121. The number of amides is 2. The van der Waals surface area contributed by atoms with E-state index in [2.05, 4.69) is 31.4 Å². The topological polar surface area (TPSA) is 79.9 Å². The highest BCUT2D eigenvalue weighted by atomic mass is 16.5. The van der Waals surface area contributed by atoms with Crippen LogP contribution in [0.15, 0.2) is 36.4 Å². The number of benzene rings is 2. The van der Waals surface area contributed by atoms with Crippen molar-refractivity contribution in [3.05, 3.63) is 53.1 Å². The van der Waals surface area contributed by atoms with Crippen LogP contribution in [-0.2, 0) is 11.3 Å². The summed E-state index contributed by atoms with van der Waals surface area (Å²) in [6, 6.07) is 11.0. The summed E-state index contributed by atoms with van der Waals surface area (Å²) >= 11 is 0. The molecule has 0 aliphatic carbocycles. The van der Waals surface area contributed by atoms with Crippen molar-refractivity contribution < 1.29 is 19.1 Å². The first-order valence-electron chi connectivity index (χ1n) is 10.8. The van der Waals surface area contributed by atoms with Gasteiger partial charge in [-0.2, -0.15) is 0 Å². The Labute approximate surface area is 190 Å². The summed E-state index contributed by atoms with van der Waals surface area (Å²) in [6.07, 6.45) is 0.149. The van der Waals surface area contributed by atoms with Crippen molar-refractivity contribution in [2.45, 2.75) is 39.8 Å². The van der Waals surface area contributed by atoms with Gasteiger partial charge < -0.3 is 25.0 Å². The van der Waals surface area contributed by atoms with Gasteiger partial charge in [-0.25, -0.2) is 0 Å². The van der Waals surface area contributed by atoms with Crippen molar-refractivity contribution in [1.29, 1.82) is 0 Å². The molecule has 0 aromatic heterocycles. The van der Waals surface area contributed by atoms with Gasteiger partial charge in [0.15, 0.2) is 11.5 Å². The molecule has 1 aliphatic rings. The zero-order valence-corrected chi connectivity index (χ0v) is 19.7. The number of carbonyl (C=O) groups excluding carboxylic acids is 2. The number of nitrogens with one attached hydrogen (secondary N) is 2. The summed E-state index contributed by atoms with van der Waals surface area (Å²) in [5, 5.41) is 6.12. The van der Waals surface area contributed by atoms with Crippen LogP contribution in [0.4, 0.5) is 5.69 Å². The number of fused-ring (bicyclic) bond motifs is 1. The number of carbonyl (C=O) groups is 2. The maximum absolute atomic E-state index is 13.6. The number of rotatable bonds is 8. The zero-order valence-electron chi connectivity index (χ0n) is 19.7. The Hall–Kier alpha value is -3.22. The molecule has 0 bridgehead atoms. The number of hydrogen-bond donors (Lipinski definition) is 2. The second kappa shape index (κ2) is 9.51. The molecule has 172 valence electrons. The van der Waals surface area contributed by atoms with Crippen molar-refractivity contribution in [2.75, 3.05) is 33.1 Å². The van der Waals surface area contributed by atoms with E-state index in [9.17, 15) is 9.59 Å². The summed E-state index contributed by atoms with van der Waals surface area (Å²) in [6.45, 7) is 7.62. The van der Waals surface area contributed by atoms with Crippen molar-refractivity contribution in [2.24, 2.45) is 5.41 Å². The molecular weight excluding hydrogens is 406 g/mol. The summed E-state index contributed by atoms with van der Waals surface area (Å²) in [4.78, 5) is 27.7. The molecule has 1 atom stereocenters. The summed E-state index contributed by atoms with van der Waals surface area (Å²) in [5.74, 6) is 0.934. The van der Waals surface area contributed by atoms with Crippen LogP contribution in [0, 0.1) is 5.41 Å². The Bertz CT molecular complexity index is 997. The monoisotopic (exact) mass is 439 g/mol. The van der Waals surface area contributed by atoms with Gasteiger partial charge in [0.1, 0.15) is 0 Å². The third kappa shape index (κ3) is 4.98. The first-order valence-corrected chi connectivity index (χ1v) is 10.8. The minimum atomic E-state index is -0.440. The molecule has 1 unspecified atom stereocenters. The summed E-state index contributed by atoms with van der Waals surface area (Å²) in [7, 11) is 4.74. The first kappa shape index (κ1) is 23.4. The Balaban J connectivity index is 1.97. The van der Waals surface area contributed by atoms with Gasteiger partial charge in [0.2, 0.25) is 5.91 Å². The van der Waals surface area contributed by atoms with Crippen molar-refractivity contribution >= 4 is 17.5 Å². The summed E-state index contributed by atoms with van der Waals surface area (Å²) in [5.41, 5.74) is 3.36. The SMILES string of the molecule is CNC(=O)CC(c1ccc(OC)c(OC)c1)N1Cc2cccc(NCC(C)(C)C)c2C1=O. The third-order valence-electron chi connectivity index (χ3n) is 5.60. The van der Waals surface area contributed by atoms with Gasteiger partial charge >= 0.3 is 0 Å². The lowest BCUT2D eigenvalue weighted by Gasteiger charge is -2.28. The van der Waals surface area contributed by atoms with E-state index >= 15 is 0 Å². The highest BCUT2D eigenvalue weighted by Crippen LogP contribution is 2.39. The first-order chi connectivity index (χ1) is 15.2. The molecule has 0 spiro atoms. The van der Waals surface area contributed by atoms with E-state index in [0.29, 0.717) is 23.6 Å². The molecule has 7 nitrogen and oxygen atoms in total. The number of methoxy groups -OCH3 is 2. The lowest BCUT2D eigenvalue weighted by atomic mass is 9.96. The predicted molar refractivity (Wildman–Crippen MR) is 125 cm³/mol. The standard InChI is InChI=1S/C25H33N3O4/c1-25(2,3)15-27-18-9-7-8-17-14-28(24(30)23(17)18)19(13-22(29)26-4)16-10-11-20(31-5)21(12-16)32-6/h7-12,19,27H,13-15H2,1-6H3,(H,26,29). The van der Waals surface area contributed by atoms with E-state index < -0.39 is 6.04 Å². The van der Waals surface area contributed by atoms with Crippen LogP contribution in [0.1, 0.15) is 54.7 Å². The Kier molecular flexibility index (Phi) is 6.96. The maximum atomic E-state index is 13.6. The molecule has 7 heteroatoms. The van der Waals surface area contributed by atoms with E-state index in [1.54, 1.807) is 32.2 Å². The van der Waals surface area contributed by atoms with Gasteiger partial charge in [-0.05, 0) is 34.7 Å². The third-order valence-corrected chi connectivity index (χ3v) is 5.60. The van der Waals surface area contributed by atoms with Crippen LogP contribution in [-0.4, -0.2) is 44.5 Å². The maximum Gasteiger partial charge on any atom is 0.257 e. The predicted octanol–water partition coefficient (Wildman–Crippen LogP) is 4.00. The van der Waals surface area contributed by atoms with Crippen LogP contribution < -0.4 is 20.1 Å². The second-order valence-electron chi connectivity index (χ2n) is 9.19. The molecule has 1 aliphatic heterocycles. The molecule has 2 aromatic rings. The van der Waals surface area contributed by atoms with Gasteiger partial charge in [-0.15, -0.1) is 0 Å². The fourth-order valence-corrected chi connectivity index (χ4v) is 3.89. The summed E-state index contributed by atoms with van der Waals surface area (Å²) < 4.78 is 10.8. The number of ether oxygens (including phenoxy) is 2. The minimum absolute atomic E-state index is 0.0749. The second-order valence-corrected chi connectivity index (χ2v) is 9.19. The average Bonchev–Trinajstić information content (AvgIpc) is 3.11. The fraction of sp³-hybridized carbons (Fsp3) is 0.440. The molecule has 0 fully saturated rings. The van der Waals surface area contributed by atoms with E-state index in [4.69, 9.17) is 9.47 Å². The highest BCUT2D eigenvalue weighted by molar-refractivity contribution is 6.04.